The van der Waals surface area contributed by atoms with E-state index in [2.05, 4.69) is 174 Å². The van der Waals surface area contributed by atoms with Crippen LogP contribution in [0.4, 0.5) is 17.1 Å². The molecule has 0 saturated heterocycles. The van der Waals surface area contributed by atoms with Crippen molar-refractivity contribution in [2.75, 3.05) is 9.80 Å². The standard InChI is InChI=1S/C62H66N3O/c1-37(2)40-25-28-51(46(31-40)39-19-16-15-17-20-39)64-52-22-18-21-45-47-33-43(59(6,7)8)34-48-53-32-41(38-23-26-42(27-24-38)58(3,4)5)29-30-63(53)62(54(47)48)65(55(45)52)57(64)49-35-44(60(9,10)11)36-50(56(49)66-62)61(12,13)14/h15-37,57H,1-14H3/q+1/i3D3,4D3,5D3,37D. The molecule has 0 N–H and O–H groups in total. The van der Waals surface area contributed by atoms with E-state index >= 15 is 0 Å². The number of nitrogens with zero attached hydrogens (tertiary/aromatic N) is 3. The zero-order valence-electron chi connectivity index (χ0n) is 50.0. The van der Waals surface area contributed by atoms with Crippen LogP contribution in [-0.4, -0.2) is 0 Å². The highest BCUT2D eigenvalue weighted by Crippen LogP contribution is 2.68. The molecule has 0 saturated carbocycles. The monoisotopic (exact) mass is 879 g/mol. The van der Waals surface area contributed by atoms with Crippen LogP contribution in [0.5, 0.6) is 5.75 Å². The fourth-order valence-corrected chi connectivity index (χ4v) is 10.8. The summed E-state index contributed by atoms with van der Waals surface area (Å²) in [7, 11) is 0. The maximum atomic E-state index is 9.23. The van der Waals surface area contributed by atoms with Crippen LogP contribution in [-0.2, 0) is 27.5 Å². The fourth-order valence-electron chi connectivity index (χ4n) is 10.8. The van der Waals surface area contributed by atoms with Crippen molar-refractivity contribution >= 4 is 17.1 Å². The highest BCUT2D eigenvalue weighted by Gasteiger charge is 2.70. The normalized spacial score (nSPS) is 20.9. The van der Waals surface area contributed by atoms with Crippen molar-refractivity contribution < 1.29 is 23.0 Å². The topological polar surface area (TPSA) is 19.6 Å². The number of aromatic nitrogens is 1. The van der Waals surface area contributed by atoms with E-state index in [9.17, 15) is 1.37 Å². The van der Waals surface area contributed by atoms with Gasteiger partial charge in [-0.1, -0.05) is 176 Å². The minimum atomic E-state index is -3.38. The Bertz CT molecular complexity index is 3500. The van der Waals surface area contributed by atoms with Crippen molar-refractivity contribution in [1.82, 2.24) is 0 Å². The molecule has 5 heterocycles. The first-order chi connectivity index (χ1) is 35.1. The summed E-state index contributed by atoms with van der Waals surface area (Å²) < 4.78 is 95.0. The van der Waals surface area contributed by atoms with Gasteiger partial charge in [-0.3, -0.25) is 0 Å². The molecule has 2 unspecified atom stereocenters. The third-order valence-corrected chi connectivity index (χ3v) is 14.4. The molecule has 4 aliphatic heterocycles. The van der Waals surface area contributed by atoms with Gasteiger partial charge in [0.25, 0.3) is 0 Å². The molecule has 4 nitrogen and oxygen atoms in total. The highest BCUT2D eigenvalue weighted by molar-refractivity contribution is 6.03. The molecule has 7 aromatic rings. The van der Waals surface area contributed by atoms with Crippen LogP contribution in [0.2, 0.25) is 0 Å². The summed E-state index contributed by atoms with van der Waals surface area (Å²) in [4.78, 5) is 5.01. The van der Waals surface area contributed by atoms with Gasteiger partial charge in [0.2, 0.25) is 5.69 Å². The maximum absolute atomic E-state index is 9.23. The van der Waals surface area contributed by atoms with Crippen LogP contribution in [0.3, 0.4) is 0 Å². The third kappa shape index (κ3) is 6.12. The van der Waals surface area contributed by atoms with Crippen molar-refractivity contribution in [3.05, 3.63) is 173 Å². The summed E-state index contributed by atoms with van der Waals surface area (Å²) in [5.74, 6) is -1.34. The molecule has 1 aromatic heterocycles. The Morgan fingerprint density at radius 2 is 1.29 bits per heavy atom. The smallest absolute Gasteiger partial charge is 0.410 e. The van der Waals surface area contributed by atoms with E-state index in [1.165, 1.54) is 17.7 Å². The van der Waals surface area contributed by atoms with Gasteiger partial charge in [0.05, 0.1) is 22.6 Å². The first kappa shape index (κ1) is 32.5. The minimum absolute atomic E-state index is 0.218. The first-order valence-corrected chi connectivity index (χ1v) is 23.3. The molecule has 4 heteroatoms. The van der Waals surface area contributed by atoms with Gasteiger partial charge in [0, 0.05) is 53.7 Å². The van der Waals surface area contributed by atoms with Crippen LogP contribution in [0.15, 0.2) is 134 Å². The Balaban J connectivity index is 1.23. The van der Waals surface area contributed by atoms with E-state index in [0.29, 0.717) is 5.56 Å². The quantitative estimate of drug-likeness (QED) is 0.164. The number of hydrogen-bond acceptors (Lipinski definition) is 3. The average Bonchev–Trinajstić information content (AvgIpc) is 4.04. The number of fused-ring (bicyclic) bond motifs is 5. The SMILES string of the molecule is [2H]C(C)(C)c1ccc(N2c3cccc4c3N3C2c2cc(C(C)(C)C)cc(C(C)(C)C)c2OC32c3c-4cc(C(C)(C)C)cc3-c3cc(-c4ccc(C(C([2H])([2H])[2H])(C([2H])([2H])[2H])C([2H])([2H])[2H])cc4)cc[n+]32)c(-c2ccccc2)c1. The molecule has 0 bridgehead atoms. The van der Waals surface area contributed by atoms with Gasteiger partial charge in [-0.2, -0.15) is 0 Å². The molecule has 0 aliphatic carbocycles. The summed E-state index contributed by atoms with van der Waals surface area (Å²) in [6.07, 6.45) is 1.61. The van der Waals surface area contributed by atoms with E-state index in [0.717, 1.165) is 89.7 Å². The summed E-state index contributed by atoms with van der Waals surface area (Å²) in [5.41, 5.74) is 12.6. The predicted octanol–water partition coefficient (Wildman–Crippen LogP) is 16.0. The van der Waals surface area contributed by atoms with Crippen molar-refractivity contribution in [1.29, 1.82) is 0 Å². The van der Waals surface area contributed by atoms with Gasteiger partial charge in [-0.25, -0.2) is 4.90 Å². The van der Waals surface area contributed by atoms with E-state index in [1.807, 2.05) is 26.0 Å². The second-order valence-corrected chi connectivity index (χ2v) is 22.2. The molecule has 2 atom stereocenters. The molecular formula is C62H66N3O+. The van der Waals surface area contributed by atoms with Crippen molar-refractivity contribution in [2.24, 2.45) is 0 Å². The molecular weight excluding hydrogens is 803 g/mol. The number of rotatable bonds is 4. The Hall–Kier alpha value is -6.13. The van der Waals surface area contributed by atoms with Crippen LogP contribution in [0.25, 0.3) is 44.6 Å². The van der Waals surface area contributed by atoms with Gasteiger partial charge in [0.15, 0.2) is 6.20 Å². The lowest BCUT2D eigenvalue weighted by Gasteiger charge is -2.49. The van der Waals surface area contributed by atoms with Gasteiger partial charge in [-0.05, 0) is 103 Å². The van der Waals surface area contributed by atoms with Crippen molar-refractivity contribution in [3.8, 4) is 50.4 Å². The van der Waals surface area contributed by atoms with E-state index < -0.39 is 43.9 Å². The zero-order valence-corrected chi connectivity index (χ0v) is 40.0. The van der Waals surface area contributed by atoms with E-state index in [4.69, 9.17) is 17.1 Å². The van der Waals surface area contributed by atoms with Gasteiger partial charge in [0.1, 0.15) is 17.5 Å². The Kier molecular flexibility index (Phi) is 6.88. The fraction of sp³-hybridized carbons (Fsp3) is 0.339. The Morgan fingerprint density at radius 1 is 0.591 bits per heavy atom. The summed E-state index contributed by atoms with van der Waals surface area (Å²) >= 11 is 0. The van der Waals surface area contributed by atoms with Crippen LogP contribution in [0, 0.1) is 0 Å². The zero-order chi connectivity index (χ0) is 55.0. The van der Waals surface area contributed by atoms with E-state index in [1.54, 1.807) is 12.1 Å². The van der Waals surface area contributed by atoms with Crippen molar-refractivity contribution in [2.45, 2.75) is 136 Å². The number of benzene rings is 6. The molecule has 1 spiro atoms. The van der Waals surface area contributed by atoms with Gasteiger partial charge >= 0.3 is 5.85 Å². The van der Waals surface area contributed by atoms with Crippen LogP contribution in [0.1, 0.15) is 161 Å². The van der Waals surface area contributed by atoms with Gasteiger partial charge < -0.3 is 9.64 Å². The number of hydrogen-bond donors (Lipinski definition) is 0. The second kappa shape index (κ2) is 14.0. The molecule has 6 aromatic carbocycles. The van der Waals surface area contributed by atoms with Crippen LogP contribution < -0.4 is 19.1 Å². The Morgan fingerprint density at radius 3 is 1.95 bits per heavy atom. The van der Waals surface area contributed by atoms with E-state index in [-0.39, 0.29) is 21.8 Å². The second-order valence-electron chi connectivity index (χ2n) is 22.2. The lowest BCUT2D eigenvalue weighted by atomic mass is 9.77. The molecule has 66 heavy (non-hydrogen) atoms. The van der Waals surface area contributed by atoms with Crippen molar-refractivity contribution in [3.63, 3.8) is 0 Å². The number of anilines is 3. The highest BCUT2D eigenvalue weighted by atomic mass is 16.5. The largest absolute Gasteiger partial charge is 0.432 e. The summed E-state index contributed by atoms with van der Waals surface area (Å²) in [6.45, 7) is 13.9. The number of para-hydroxylation sites is 1. The number of pyridine rings is 1. The molecule has 4 aliphatic rings. The maximum Gasteiger partial charge on any atom is 0.432 e. The molecule has 0 amide bonds. The third-order valence-electron chi connectivity index (χ3n) is 14.4. The van der Waals surface area contributed by atoms with Crippen LogP contribution >= 0.6 is 0 Å². The lowest BCUT2D eigenvalue weighted by Crippen LogP contribution is -2.71. The number of ether oxygens (including phenoxy) is 1. The molecule has 0 radical (unpaired) electrons. The molecule has 11 rings (SSSR count). The molecule has 0 fully saturated rings. The Labute approximate surface area is 408 Å². The minimum Gasteiger partial charge on any atom is -0.410 e. The lowest BCUT2D eigenvalue weighted by molar-refractivity contribution is -0.774. The summed E-state index contributed by atoms with van der Waals surface area (Å²) in [5, 5.41) is 0. The molecule has 334 valence electrons. The first-order valence-electron chi connectivity index (χ1n) is 28.3. The average molecular weight is 879 g/mol. The predicted molar refractivity (Wildman–Crippen MR) is 275 cm³/mol. The summed E-state index contributed by atoms with van der Waals surface area (Å²) in [6, 6.07) is 43.0. The van der Waals surface area contributed by atoms with Gasteiger partial charge in [-0.15, -0.1) is 4.57 Å².